The van der Waals surface area contributed by atoms with Crippen LogP contribution in [0.5, 0.6) is 5.75 Å². The van der Waals surface area contributed by atoms with Crippen molar-refractivity contribution in [1.82, 2.24) is 5.32 Å². The SMILES string of the molecule is COCc1cccc(CNC(=O)C(C)Oc2ccc(Cl)cc2C)c1. The molecule has 0 aromatic heterocycles. The lowest BCUT2D eigenvalue weighted by molar-refractivity contribution is -0.127. The summed E-state index contributed by atoms with van der Waals surface area (Å²) in [5.74, 6) is 0.491. The molecule has 4 nitrogen and oxygen atoms in total. The van der Waals surface area contributed by atoms with Gasteiger partial charge in [-0.15, -0.1) is 0 Å². The molecule has 2 rings (SSSR count). The van der Waals surface area contributed by atoms with Crippen molar-refractivity contribution >= 4 is 17.5 Å². The maximum atomic E-state index is 12.2. The molecule has 0 saturated heterocycles. The fourth-order valence-corrected chi connectivity index (χ4v) is 2.54. The van der Waals surface area contributed by atoms with Crippen molar-refractivity contribution in [2.24, 2.45) is 0 Å². The minimum absolute atomic E-state index is 0.165. The molecule has 0 heterocycles. The molecule has 24 heavy (non-hydrogen) atoms. The van der Waals surface area contributed by atoms with Gasteiger partial charge in [0.1, 0.15) is 5.75 Å². The zero-order valence-electron chi connectivity index (χ0n) is 14.1. The number of hydrogen-bond acceptors (Lipinski definition) is 3. The highest BCUT2D eigenvalue weighted by molar-refractivity contribution is 6.30. The number of ether oxygens (including phenoxy) is 2. The molecule has 1 amide bonds. The molecular weight excluding hydrogens is 326 g/mol. The van der Waals surface area contributed by atoms with Crippen LogP contribution in [0.25, 0.3) is 0 Å². The molecule has 5 heteroatoms. The second-order valence-electron chi connectivity index (χ2n) is 5.64. The number of methoxy groups -OCH3 is 1. The van der Waals surface area contributed by atoms with Crippen LogP contribution in [-0.2, 0) is 22.7 Å². The zero-order valence-corrected chi connectivity index (χ0v) is 14.9. The summed E-state index contributed by atoms with van der Waals surface area (Å²) < 4.78 is 10.8. The summed E-state index contributed by atoms with van der Waals surface area (Å²) in [6, 6.07) is 13.2. The first-order chi connectivity index (χ1) is 11.5. The van der Waals surface area contributed by atoms with Gasteiger partial charge < -0.3 is 14.8 Å². The van der Waals surface area contributed by atoms with E-state index in [0.717, 1.165) is 16.7 Å². The number of carbonyl (C=O) groups excluding carboxylic acids is 1. The minimum atomic E-state index is -0.591. The minimum Gasteiger partial charge on any atom is -0.481 e. The van der Waals surface area contributed by atoms with E-state index in [2.05, 4.69) is 5.32 Å². The van der Waals surface area contributed by atoms with Gasteiger partial charge in [0, 0.05) is 18.7 Å². The molecule has 0 aliphatic carbocycles. The molecule has 0 fully saturated rings. The number of aryl methyl sites for hydroxylation is 1. The summed E-state index contributed by atoms with van der Waals surface area (Å²) >= 11 is 5.93. The number of rotatable bonds is 7. The average molecular weight is 348 g/mol. The highest BCUT2D eigenvalue weighted by Gasteiger charge is 2.15. The summed E-state index contributed by atoms with van der Waals surface area (Å²) in [6.07, 6.45) is -0.591. The Kier molecular flexibility index (Phi) is 6.64. The molecule has 2 aromatic rings. The van der Waals surface area contributed by atoms with Crippen molar-refractivity contribution < 1.29 is 14.3 Å². The van der Waals surface area contributed by atoms with Crippen LogP contribution >= 0.6 is 11.6 Å². The summed E-state index contributed by atoms with van der Waals surface area (Å²) in [4.78, 5) is 12.2. The van der Waals surface area contributed by atoms with Gasteiger partial charge in [0.15, 0.2) is 6.10 Å². The molecule has 128 valence electrons. The lowest BCUT2D eigenvalue weighted by atomic mass is 10.1. The van der Waals surface area contributed by atoms with Crippen molar-refractivity contribution in [3.63, 3.8) is 0 Å². The van der Waals surface area contributed by atoms with Gasteiger partial charge in [-0.25, -0.2) is 0 Å². The first-order valence-electron chi connectivity index (χ1n) is 7.77. The highest BCUT2D eigenvalue weighted by Crippen LogP contribution is 2.22. The Bertz CT molecular complexity index is 703. The lowest BCUT2D eigenvalue weighted by Gasteiger charge is -2.16. The first-order valence-corrected chi connectivity index (χ1v) is 8.14. The van der Waals surface area contributed by atoms with Gasteiger partial charge in [-0.1, -0.05) is 35.9 Å². The maximum Gasteiger partial charge on any atom is 0.261 e. The number of halogens is 1. The van der Waals surface area contributed by atoms with Crippen molar-refractivity contribution in [1.29, 1.82) is 0 Å². The van der Waals surface area contributed by atoms with E-state index in [1.807, 2.05) is 37.3 Å². The van der Waals surface area contributed by atoms with Crippen molar-refractivity contribution in [2.45, 2.75) is 33.1 Å². The topological polar surface area (TPSA) is 47.6 Å². The van der Waals surface area contributed by atoms with Gasteiger partial charge in [0.05, 0.1) is 6.61 Å². The van der Waals surface area contributed by atoms with Crippen LogP contribution in [-0.4, -0.2) is 19.1 Å². The summed E-state index contributed by atoms with van der Waals surface area (Å²) in [5, 5.41) is 3.53. The lowest BCUT2D eigenvalue weighted by Crippen LogP contribution is -2.36. The monoisotopic (exact) mass is 347 g/mol. The number of carbonyl (C=O) groups is 1. The van der Waals surface area contributed by atoms with Crippen LogP contribution in [0.4, 0.5) is 0 Å². The highest BCUT2D eigenvalue weighted by atomic mass is 35.5. The third-order valence-corrected chi connectivity index (χ3v) is 3.81. The molecule has 0 aliphatic heterocycles. The van der Waals surface area contributed by atoms with Crippen LogP contribution in [0.15, 0.2) is 42.5 Å². The Morgan fingerprint density at radius 2 is 1.96 bits per heavy atom. The van der Waals surface area contributed by atoms with E-state index in [4.69, 9.17) is 21.1 Å². The van der Waals surface area contributed by atoms with E-state index >= 15 is 0 Å². The fourth-order valence-electron chi connectivity index (χ4n) is 2.32. The van der Waals surface area contributed by atoms with Crippen LogP contribution in [0, 0.1) is 6.92 Å². The van der Waals surface area contributed by atoms with Gasteiger partial charge in [-0.3, -0.25) is 4.79 Å². The van der Waals surface area contributed by atoms with E-state index in [-0.39, 0.29) is 5.91 Å². The van der Waals surface area contributed by atoms with Crippen LogP contribution in [0.3, 0.4) is 0 Å². The number of amides is 1. The van der Waals surface area contributed by atoms with Gasteiger partial charge in [0.25, 0.3) is 5.91 Å². The maximum absolute atomic E-state index is 12.2. The molecule has 0 spiro atoms. The van der Waals surface area contributed by atoms with E-state index < -0.39 is 6.10 Å². The van der Waals surface area contributed by atoms with E-state index in [0.29, 0.717) is 23.9 Å². The standard InChI is InChI=1S/C19H22ClNO3/c1-13-9-17(20)7-8-18(13)24-14(2)19(22)21-11-15-5-4-6-16(10-15)12-23-3/h4-10,14H,11-12H2,1-3H3,(H,21,22). The average Bonchev–Trinajstić information content (AvgIpc) is 2.56. The Morgan fingerprint density at radius 1 is 1.21 bits per heavy atom. The van der Waals surface area contributed by atoms with E-state index in [9.17, 15) is 4.79 Å². The third-order valence-electron chi connectivity index (χ3n) is 3.58. The van der Waals surface area contributed by atoms with Gasteiger partial charge in [-0.05, 0) is 48.7 Å². The van der Waals surface area contributed by atoms with Crippen LogP contribution in [0.2, 0.25) is 5.02 Å². The second-order valence-corrected chi connectivity index (χ2v) is 6.08. The quantitative estimate of drug-likeness (QED) is 0.826. The summed E-state index contributed by atoms with van der Waals surface area (Å²) in [5.41, 5.74) is 2.99. The molecule has 0 aliphatic rings. The predicted octanol–water partition coefficient (Wildman–Crippen LogP) is 3.88. The Balaban J connectivity index is 1.90. The Hall–Kier alpha value is -2.04. The molecule has 1 unspecified atom stereocenters. The fraction of sp³-hybridized carbons (Fsp3) is 0.316. The first kappa shape index (κ1) is 18.3. The molecule has 0 bridgehead atoms. The van der Waals surface area contributed by atoms with Gasteiger partial charge in [0.2, 0.25) is 0 Å². The predicted molar refractivity (Wildman–Crippen MR) is 95.3 cm³/mol. The molecule has 1 N–H and O–H groups in total. The van der Waals surface area contributed by atoms with Crippen molar-refractivity contribution in [2.75, 3.05) is 7.11 Å². The van der Waals surface area contributed by atoms with E-state index in [1.54, 1.807) is 26.2 Å². The number of nitrogens with one attached hydrogen (secondary N) is 1. The Labute approximate surface area is 147 Å². The van der Waals surface area contributed by atoms with Gasteiger partial charge in [-0.2, -0.15) is 0 Å². The summed E-state index contributed by atoms with van der Waals surface area (Å²) in [6.45, 7) is 4.62. The zero-order chi connectivity index (χ0) is 17.5. The van der Waals surface area contributed by atoms with Crippen molar-refractivity contribution in [3.05, 3.63) is 64.2 Å². The Morgan fingerprint density at radius 3 is 2.67 bits per heavy atom. The summed E-state index contributed by atoms with van der Waals surface area (Å²) in [7, 11) is 1.66. The normalized spacial score (nSPS) is 11.8. The van der Waals surface area contributed by atoms with Gasteiger partial charge >= 0.3 is 0 Å². The number of hydrogen-bond donors (Lipinski definition) is 1. The molecule has 1 atom stereocenters. The van der Waals surface area contributed by atoms with Crippen molar-refractivity contribution in [3.8, 4) is 5.75 Å². The third kappa shape index (κ3) is 5.25. The second kappa shape index (κ2) is 8.71. The molecule has 2 aromatic carbocycles. The smallest absolute Gasteiger partial charge is 0.261 e. The van der Waals surface area contributed by atoms with Crippen LogP contribution in [0.1, 0.15) is 23.6 Å². The number of benzene rings is 2. The molecule has 0 radical (unpaired) electrons. The molecular formula is C19H22ClNO3. The largest absolute Gasteiger partial charge is 0.481 e. The van der Waals surface area contributed by atoms with E-state index in [1.165, 1.54) is 0 Å². The van der Waals surface area contributed by atoms with Crippen LogP contribution < -0.4 is 10.1 Å². The molecule has 0 saturated carbocycles.